The van der Waals surface area contributed by atoms with Crippen molar-refractivity contribution in [2.45, 2.75) is 37.6 Å². The smallest absolute Gasteiger partial charge is 0.338 e. The monoisotopic (exact) mass is 407 g/mol. The molecule has 1 fully saturated rings. The first kappa shape index (κ1) is 20.4. The molecule has 0 aromatic heterocycles. The van der Waals surface area contributed by atoms with E-state index in [2.05, 4.69) is 0 Å². The van der Waals surface area contributed by atoms with Crippen molar-refractivity contribution < 1.29 is 27.1 Å². The second-order valence-corrected chi connectivity index (χ2v) is 8.75. The first-order valence-electron chi connectivity index (χ1n) is 8.93. The van der Waals surface area contributed by atoms with Crippen LogP contribution >= 0.6 is 0 Å². The zero-order valence-corrected chi connectivity index (χ0v) is 16.5. The van der Waals surface area contributed by atoms with Gasteiger partial charge in [0.05, 0.1) is 22.7 Å². The van der Waals surface area contributed by atoms with Crippen molar-refractivity contribution in [1.29, 1.82) is 0 Å². The summed E-state index contributed by atoms with van der Waals surface area (Å²) in [5, 5.41) is 0. The summed E-state index contributed by atoms with van der Waals surface area (Å²) in [6.07, 6.45) is -0.420. The van der Waals surface area contributed by atoms with Crippen molar-refractivity contribution in [2.75, 3.05) is 13.1 Å². The molecule has 2 atom stereocenters. The van der Waals surface area contributed by atoms with Gasteiger partial charge in [-0.2, -0.15) is 4.31 Å². The summed E-state index contributed by atoms with van der Waals surface area (Å²) in [5.41, 5.74) is 0.625. The predicted octanol–water partition coefficient (Wildman–Crippen LogP) is 2.98. The predicted molar refractivity (Wildman–Crippen MR) is 101 cm³/mol. The van der Waals surface area contributed by atoms with Gasteiger partial charge in [0, 0.05) is 13.1 Å². The second kappa shape index (κ2) is 8.38. The summed E-state index contributed by atoms with van der Waals surface area (Å²) >= 11 is 0. The maximum Gasteiger partial charge on any atom is 0.338 e. The molecular formula is C20H22FNO5S. The van der Waals surface area contributed by atoms with E-state index in [1.807, 2.05) is 13.8 Å². The van der Waals surface area contributed by atoms with E-state index in [9.17, 15) is 17.6 Å². The molecule has 0 aliphatic carbocycles. The molecule has 0 N–H and O–H groups in total. The Kier molecular flexibility index (Phi) is 6.12. The fourth-order valence-corrected chi connectivity index (χ4v) is 4.76. The highest BCUT2D eigenvalue weighted by atomic mass is 32.2. The average molecular weight is 407 g/mol. The molecule has 1 heterocycles. The van der Waals surface area contributed by atoms with Crippen LogP contribution in [0.1, 0.15) is 29.8 Å². The fourth-order valence-electron chi connectivity index (χ4n) is 3.12. The zero-order chi connectivity index (χ0) is 20.3. The van der Waals surface area contributed by atoms with Crippen LogP contribution in [0.15, 0.2) is 53.4 Å². The van der Waals surface area contributed by atoms with Crippen molar-refractivity contribution >= 4 is 16.0 Å². The van der Waals surface area contributed by atoms with Crippen molar-refractivity contribution in [3.8, 4) is 0 Å². The number of ether oxygens (including phenoxy) is 2. The number of morpholine rings is 1. The maximum absolute atomic E-state index is 13.2. The minimum atomic E-state index is -3.76. The van der Waals surface area contributed by atoms with Gasteiger partial charge in [0.15, 0.2) is 0 Å². The Morgan fingerprint density at radius 3 is 2.50 bits per heavy atom. The van der Waals surface area contributed by atoms with Crippen LogP contribution in [0.5, 0.6) is 0 Å². The Labute approximate surface area is 163 Å². The van der Waals surface area contributed by atoms with Gasteiger partial charge in [-0.1, -0.05) is 18.2 Å². The largest absolute Gasteiger partial charge is 0.457 e. The van der Waals surface area contributed by atoms with Crippen LogP contribution in [-0.4, -0.2) is 44.0 Å². The van der Waals surface area contributed by atoms with Gasteiger partial charge in [0.1, 0.15) is 12.4 Å². The molecule has 0 saturated carbocycles. The molecule has 8 heteroatoms. The fraction of sp³-hybridized carbons (Fsp3) is 0.350. The van der Waals surface area contributed by atoms with E-state index in [0.29, 0.717) is 5.56 Å². The van der Waals surface area contributed by atoms with Crippen LogP contribution in [0.4, 0.5) is 4.39 Å². The molecule has 3 rings (SSSR count). The lowest BCUT2D eigenvalue weighted by atomic mass is 10.2. The number of hydrogen-bond donors (Lipinski definition) is 0. The molecule has 0 radical (unpaired) electrons. The van der Waals surface area contributed by atoms with E-state index in [4.69, 9.17) is 9.47 Å². The Morgan fingerprint density at radius 1 is 1.14 bits per heavy atom. The SMILES string of the molecule is C[C@@H]1CN(S(=O)(=O)c2cccc(C(=O)OCc3cccc(F)c3)c2)C[C@@H](C)O1. The lowest BCUT2D eigenvalue weighted by Crippen LogP contribution is -2.48. The van der Waals surface area contributed by atoms with E-state index >= 15 is 0 Å². The van der Waals surface area contributed by atoms with Gasteiger partial charge in [-0.3, -0.25) is 0 Å². The van der Waals surface area contributed by atoms with Crippen molar-refractivity contribution in [3.05, 3.63) is 65.5 Å². The van der Waals surface area contributed by atoms with Crippen LogP contribution in [-0.2, 0) is 26.1 Å². The summed E-state index contributed by atoms with van der Waals surface area (Å²) in [6, 6.07) is 11.5. The number of sulfonamides is 1. The Morgan fingerprint density at radius 2 is 1.82 bits per heavy atom. The second-order valence-electron chi connectivity index (χ2n) is 6.81. The van der Waals surface area contributed by atoms with Crippen molar-refractivity contribution in [1.82, 2.24) is 4.31 Å². The maximum atomic E-state index is 13.2. The van der Waals surface area contributed by atoms with E-state index in [1.165, 1.54) is 46.8 Å². The third kappa shape index (κ3) is 4.76. The number of benzene rings is 2. The lowest BCUT2D eigenvalue weighted by molar-refractivity contribution is -0.0440. The highest BCUT2D eigenvalue weighted by Gasteiger charge is 2.32. The number of carbonyl (C=O) groups is 1. The molecule has 0 bridgehead atoms. The van der Waals surface area contributed by atoms with Crippen molar-refractivity contribution in [2.24, 2.45) is 0 Å². The van der Waals surface area contributed by atoms with E-state index < -0.39 is 21.8 Å². The number of esters is 1. The van der Waals surface area contributed by atoms with E-state index in [0.717, 1.165) is 0 Å². The molecule has 28 heavy (non-hydrogen) atoms. The van der Waals surface area contributed by atoms with Crippen molar-refractivity contribution in [3.63, 3.8) is 0 Å². The molecule has 2 aromatic rings. The number of rotatable bonds is 5. The standard InChI is InChI=1S/C20H22FNO5S/c1-14-11-22(12-15(2)27-14)28(24,25)19-8-4-6-17(10-19)20(23)26-13-16-5-3-7-18(21)9-16/h3-10,14-15H,11-13H2,1-2H3/t14-,15-/m1/s1. The first-order valence-corrected chi connectivity index (χ1v) is 10.4. The summed E-state index contributed by atoms with van der Waals surface area (Å²) in [7, 11) is -3.76. The van der Waals surface area contributed by atoms with E-state index in [1.54, 1.807) is 6.07 Å². The Balaban J connectivity index is 1.74. The van der Waals surface area contributed by atoms with Gasteiger partial charge < -0.3 is 9.47 Å². The molecule has 0 amide bonds. The number of halogens is 1. The third-order valence-electron chi connectivity index (χ3n) is 4.35. The summed E-state index contributed by atoms with van der Waals surface area (Å²) in [4.78, 5) is 12.3. The number of nitrogens with zero attached hydrogens (tertiary/aromatic N) is 1. The van der Waals surface area contributed by atoms with Crippen LogP contribution in [0.3, 0.4) is 0 Å². The Hall–Kier alpha value is -2.29. The number of carbonyl (C=O) groups excluding carboxylic acids is 1. The van der Waals surface area contributed by atoms with E-state index in [-0.39, 0.29) is 42.4 Å². The molecule has 0 spiro atoms. The van der Waals surface area contributed by atoms with Gasteiger partial charge in [-0.25, -0.2) is 17.6 Å². The molecule has 150 valence electrons. The summed E-state index contributed by atoms with van der Waals surface area (Å²) in [5.74, 6) is -1.10. The first-order chi connectivity index (χ1) is 13.3. The third-order valence-corrected chi connectivity index (χ3v) is 6.18. The molecule has 0 unspecified atom stereocenters. The highest BCUT2D eigenvalue weighted by Crippen LogP contribution is 2.22. The summed E-state index contributed by atoms with van der Waals surface area (Å²) < 4.78 is 51.2. The Bertz CT molecular complexity index is 953. The molecule has 1 saturated heterocycles. The number of hydrogen-bond acceptors (Lipinski definition) is 5. The van der Waals surface area contributed by atoms with Crippen LogP contribution in [0.25, 0.3) is 0 Å². The summed E-state index contributed by atoms with van der Waals surface area (Å²) in [6.45, 7) is 4.03. The van der Waals surface area contributed by atoms with Crippen LogP contribution in [0, 0.1) is 5.82 Å². The highest BCUT2D eigenvalue weighted by molar-refractivity contribution is 7.89. The molecule has 1 aliphatic heterocycles. The van der Waals surface area contributed by atoms with Gasteiger partial charge >= 0.3 is 5.97 Å². The molecule has 6 nitrogen and oxygen atoms in total. The molecule has 2 aromatic carbocycles. The molecular weight excluding hydrogens is 385 g/mol. The van der Waals surface area contributed by atoms with Gasteiger partial charge in [0.2, 0.25) is 10.0 Å². The normalized spacial score (nSPS) is 20.7. The molecule has 1 aliphatic rings. The van der Waals surface area contributed by atoms with Gasteiger partial charge in [-0.15, -0.1) is 0 Å². The topological polar surface area (TPSA) is 72.9 Å². The van der Waals surface area contributed by atoms with Crippen LogP contribution in [0.2, 0.25) is 0 Å². The minimum Gasteiger partial charge on any atom is -0.457 e. The minimum absolute atomic E-state index is 0.0222. The van der Waals surface area contributed by atoms with Gasteiger partial charge in [0.25, 0.3) is 0 Å². The quantitative estimate of drug-likeness (QED) is 0.713. The zero-order valence-electron chi connectivity index (χ0n) is 15.7. The average Bonchev–Trinajstić information content (AvgIpc) is 2.65. The lowest BCUT2D eigenvalue weighted by Gasteiger charge is -2.34. The van der Waals surface area contributed by atoms with Crippen LogP contribution < -0.4 is 0 Å². The van der Waals surface area contributed by atoms with Gasteiger partial charge in [-0.05, 0) is 49.7 Å².